The van der Waals surface area contributed by atoms with E-state index in [2.05, 4.69) is 25.7 Å². The number of benzene rings is 1. The average Bonchev–Trinajstić information content (AvgIpc) is 2.50. The van der Waals surface area contributed by atoms with Gasteiger partial charge in [-0.05, 0) is 37.6 Å². The Morgan fingerprint density at radius 3 is 2.30 bits per heavy atom. The highest BCUT2D eigenvalue weighted by Crippen LogP contribution is 2.30. The third-order valence-electron chi connectivity index (χ3n) is 3.82. The summed E-state index contributed by atoms with van der Waals surface area (Å²) in [5.41, 5.74) is 0.851. The predicted octanol–water partition coefficient (Wildman–Crippen LogP) is 2.86. The molecule has 0 saturated heterocycles. The lowest BCUT2D eigenvalue weighted by atomic mass is 10.1. The van der Waals surface area contributed by atoms with Crippen LogP contribution in [0, 0.1) is 0 Å². The fourth-order valence-corrected chi connectivity index (χ4v) is 2.27. The lowest BCUT2D eigenvalue weighted by Crippen LogP contribution is -2.35. The number of aliphatic hydroxyl groups is 1. The summed E-state index contributed by atoms with van der Waals surface area (Å²) in [7, 11) is 3.21. The molecule has 0 amide bonds. The van der Waals surface area contributed by atoms with Gasteiger partial charge in [-0.15, -0.1) is 0 Å². The molecule has 1 aromatic carbocycles. The largest absolute Gasteiger partial charge is 0.493 e. The Bertz CT molecular complexity index is 409. The van der Waals surface area contributed by atoms with E-state index in [-0.39, 0.29) is 0 Å². The van der Waals surface area contributed by atoms with Gasteiger partial charge in [0.1, 0.15) is 0 Å². The molecule has 1 aromatic rings. The van der Waals surface area contributed by atoms with E-state index < -0.39 is 6.10 Å². The predicted molar refractivity (Wildman–Crippen MR) is 81.5 cm³/mol. The summed E-state index contributed by atoms with van der Waals surface area (Å²) in [5.74, 6) is 1.33. The molecule has 0 aliphatic rings. The van der Waals surface area contributed by atoms with Crippen LogP contribution in [-0.4, -0.2) is 43.4 Å². The molecule has 0 bridgehead atoms. The second-order valence-corrected chi connectivity index (χ2v) is 4.98. The molecule has 2 atom stereocenters. The second-order valence-electron chi connectivity index (χ2n) is 4.98. The fourth-order valence-electron chi connectivity index (χ4n) is 2.27. The quantitative estimate of drug-likeness (QED) is 0.795. The lowest BCUT2D eigenvalue weighted by Gasteiger charge is -2.29. The molecule has 0 aliphatic heterocycles. The number of ether oxygens (including phenoxy) is 2. The summed E-state index contributed by atoms with van der Waals surface area (Å²) in [6.07, 6.45) is 0.552. The van der Waals surface area contributed by atoms with Crippen LogP contribution in [0.15, 0.2) is 18.2 Å². The van der Waals surface area contributed by atoms with Crippen LogP contribution >= 0.6 is 0 Å². The Morgan fingerprint density at radius 1 is 1.15 bits per heavy atom. The van der Waals surface area contributed by atoms with Crippen LogP contribution in [0.1, 0.15) is 38.9 Å². The summed E-state index contributed by atoms with van der Waals surface area (Å²) in [4.78, 5) is 2.28. The summed E-state index contributed by atoms with van der Waals surface area (Å²) >= 11 is 0. The third-order valence-corrected chi connectivity index (χ3v) is 3.82. The van der Waals surface area contributed by atoms with E-state index in [9.17, 15) is 5.11 Å². The number of aliphatic hydroxyl groups excluding tert-OH is 1. The van der Waals surface area contributed by atoms with Gasteiger partial charge in [-0.1, -0.05) is 19.9 Å². The van der Waals surface area contributed by atoms with Gasteiger partial charge in [0.15, 0.2) is 11.5 Å². The van der Waals surface area contributed by atoms with Gasteiger partial charge in [-0.2, -0.15) is 0 Å². The van der Waals surface area contributed by atoms with Crippen molar-refractivity contribution in [2.24, 2.45) is 0 Å². The minimum atomic E-state index is -0.524. The molecule has 0 radical (unpaired) electrons. The molecule has 114 valence electrons. The van der Waals surface area contributed by atoms with Crippen molar-refractivity contribution in [3.05, 3.63) is 23.8 Å². The Hall–Kier alpha value is -1.26. The van der Waals surface area contributed by atoms with Gasteiger partial charge in [0.2, 0.25) is 0 Å². The first kappa shape index (κ1) is 16.8. The Morgan fingerprint density at radius 2 is 1.80 bits per heavy atom. The lowest BCUT2D eigenvalue weighted by molar-refractivity contribution is 0.0932. The monoisotopic (exact) mass is 281 g/mol. The van der Waals surface area contributed by atoms with Gasteiger partial charge >= 0.3 is 0 Å². The number of rotatable bonds is 8. The zero-order chi connectivity index (χ0) is 15.1. The first-order chi connectivity index (χ1) is 9.57. The SMILES string of the molecule is CCC(C)N(CC)CC(O)c1ccc(OC)c(OC)c1. The molecule has 2 unspecified atom stereocenters. The maximum absolute atomic E-state index is 10.4. The molecule has 0 spiro atoms. The number of nitrogens with zero attached hydrogens (tertiary/aromatic N) is 1. The molecule has 0 heterocycles. The van der Waals surface area contributed by atoms with Crippen LogP contribution < -0.4 is 9.47 Å². The maximum Gasteiger partial charge on any atom is 0.161 e. The molecule has 20 heavy (non-hydrogen) atoms. The normalized spacial score (nSPS) is 14.2. The van der Waals surface area contributed by atoms with E-state index in [0.717, 1.165) is 18.5 Å². The minimum Gasteiger partial charge on any atom is -0.493 e. The van der Waals surface area contributed by atoms with Crippen molar-refractivity contribution < 1.29 is 14.6 Å². The van der Waals surface area contributed by atoms with E-state index in [1.54, 1.807) is 14.2 Å². The molecule has 1 N–H and O–H groups in total. The van der Waals surface area contributed by atoms with E-state index in [4.69, 9.17) is 9.47 Å². The van der Waals surface area contributed by atoms with Crippen molar-refractivity contribution in [3.8, 4) is 11.5 Å². The van der Waals surface area contributed by atoms with Crippen molar-refractivity contribution in [1.29, 1.82) is 0 Å². The Balaban J connectivity index is 2.83. The summed E-state index contributed by atoms with van der Waals surface area (Å²) < 4.78 is 10.5. The molecule has 0 aromatic heterocycles. The van der Waals surface area contributed by atoms with Gasteiger partial charge in [-0.3, -0.25) is 4.90 Å². The van der Waals surface area contributed by atoms with Crippen LogP contribution in [0.5, 0.6) is 11.5 Å². The molecular weight excluding hydrogens is 254 g/mol. The van der Waals surface area contributed by atoms with Crippen LogP contribution in [0.4, 0.5) is 0 Å². The van der Waals surface area contributed by atoms with Crippen LogP contribution in [0.2, 0.25) is 0 Å². The number of hydrogen-bond donors (Lipinski definition) is 1. The van der Waals surface area contributed by atoms with Gasteiger partial charge < -0.3 is 14.6 Å². The minimum absolute atomic E-state index is 0.467. The molecule has 0 aliphatic carbocycles. The van der Waals surface area contributed by atoms with Crippen molar-refractivity contribution >= 4 is 0 Å². The topological polar surface area (TPSA) is 41.9 Å². The van der Waals surface area contributed by atoms with Crippen molar-refractivity contribution in [1.82, 2.24) is 4.90 Å². The Kier molecular flexibility index (Phi) is 6.82. The number of likely N-dealkylation sites (N-methyl/N-ethyl adjacent to an activating group) is 1. The van der Waals surface area contributed by atoms with E-state index in [0.29, 0.717) is 24.1 Å². The smallest absolute Gasteiger partial charge is 0.161 e. The third kappa shape index (κ3) is 4.12. The van der Waals surface area contributed by atoms with Gasteiger partial charge in [0, 0.05) is 12.6 Å². The average molecular weight is 281 g/mol. The van der Waals surface area contributed by atoms with Crippen molar-refractivity contribution in [2.75, 3.05) is 27.3 Å². The van der Waals surface area contributed by atoms with Crippen LogP contribution in [-0.2, 0) is 0 Å². The van der Waals surface area contributed by atoms with Gasteiger partial charge in [0.25, 0.3) is 0 Å². The van der Waals surface area contributed by atoms with Crippen molar-refractivity contribution in [2.45, 2.75) is 39.3 Å². The second kappa shape index (κ2) is 8.12. The van der Waals surface area contributed by atoms with Crippen LogP contribution in [0.3, 0.4) is 0 Å². The highest BCUT2D eigenvalue weighted by atomic mass is 16.5. The summed E-state index contributed by atoms with van der Waals surface area (Å²) in [6.45, 7) is 8.02. The molecule has 1 rings (SSSR count). The molecular formula is C16H27NO3. The van der Waals surface area contributed by atoms with Gasteiger partial charge in [-0.25, -0.2) is 0 Å². The molecule has 4 heteroatoms. The first-order valence-corrected chi connectivity index (χ1v) is 7.21. The number of hydrogen-bond acceptors (Lipinski definition) is 4. The Labute approximate surface area is 122 Å². The number of methoxy groups -OCH3 is 2. The summed E-state index contributed by atoms with van der Waals surface area (Å²) in [5, 5.41) is 10.4. The van der Waals surface area contributed by atoms with Gasteiger partial charge in [0.05, 0.1) is 20.3 Å². The zero-order valence-corrected chi connectivity index (χ0v) is 13.2. The zero-order valence-electron chi connectivity index (χ0n) is 13.2. The summed E-state index contributed by atoms with van der Waals surface area (Å²) in [6, 6.07) is 6.02. The highest BCUT2D eigenvalue weighted by Gasteiger charge is 2.17. The van der Waals surface area contributed by atoms with E-state index in [1.165, 1.54) is 0 Å². The molecule has 0 saturated carbocycles. The standard InChI is InChI=1S/C16H27NO3/c1-6-12(3)17(7-2)11-14(18)13-8-9-15(19-4)16(10-13)20-5/h8-10,12,14,18H,6-7,11H2,1-5H3. The molecule has 4 nitrogen and oxygen atoms in total. The van der Waals surface area contributed by atoms with Crippen LogP contribution in [0.25, 0.3) is 0 Å². The maximum atomic E-state index is 10.4. The highest BCUT2D eigenvalue weighted by molar-refractivity contribution is 5.43. The molecule has 0 fully saturated rings. The van der Waals surface area contributed by atoms with Crippen molar-refractivity contribution in [3.63, 3.8) is 0 Å². The first-order valence-electron chi connectivity index (χ1n) is 7.21. The fraction of sp³-hybridized carbons (Fsp3) is 0.625. The van der Waals surface area contributed by atoms with E-state index >= 15 is 0 Å². The van der Waals surface area contributed by atoms with E-state index in [1.807, 2.05) is 18.2 Å².